The summed E-state index contributed by atoms with van der Waals surface area (Å²) in [6.45, 7) is 0.403. The second-order valence-corrected chi connectivity index (χ2v) is 5.75. The molecule has 122 valence electrons. The molecule has 7 nitrogen and oxygen atoms in total. The predicted octanol–water partition coefficient (Wildman–Crippen LogP) is 2.25. The number of fused-ring (bicyclic) bond motifs is 1. The molecule has 1 heterocycles. The maximum absolute atomic E-state index is 10.6. The Morgan fingerprint density at radius 3 is 3.09 bits per heavy atom. The van der Waals surface area contributed by atoms with Crippen molar-refractivity contribution in [2.75, 3.05) is 6.61 Å². The zero-order valence-electron chi connectivity index (χ0n) is 12.7. The van der Waals surface area contributed by atoms with Gasteiger partial charge in [0.25, 0.3) is 0 Å². The number of nitrogens with zero attached hydrogens (tertiary/aromatic N) is 3. The molecule has 0 amide bonds. The standard InChI is InChI=1S/C16H19N3O4/c20-13(8-18-9-16(17-11-18)19(21)22)10-23-15-7-3-5-12-4-1-2-6-14(12)15/h1-2,4,6,9,11,13,15,20H,3,5,7-8,10H2/t13-,15+/m0/s1. The number of aryl methyl sites for hydroxylation is 1. The molecule has 1 aliphatic carbocycles. The molecule has 1 aliphatic rings. The average Bonchev–Trinajstić information content (AvgIpc) is 3.01. The van der Waals surface area contributed by atoms with Crippen LogP contribution >= 0.6 is 0 Å². The van der Waals surface area contributed by atoms with Crippen molar-refractivity contribution < 1.29 is 14.8 Å². The minimum absolute atomic E-state index is 0.00623. The van der Waals surface area contributed by atoms with Crippen LogP contribution in [0.25, 0.3) is 0 Å². The molecule has 7 heteroatoms. The minimum atomic E-state index is -0.738. The molecule has 2 aromatic rings. The highest BCUT2D eigenvalue weighted by Gasteiger charge is 2.21. The largest absolute Gasteiger partial charge is 0.389 e. The SMILES string of the molecule is O=[N+]([O-])c1cn(C[C@H](O)CO[C@@H]2CCCc3ccccc32)cn1. The van der Waals surface area contributed by atoms with Crippen molar-refractivity contribution in [2.45, 2.75) is 38.0 Å². The fraction of sp³-hybridized carbons (Fsp3) is 0.438. The molecule has 0 unspecified atom stereocenters. The van der Waals surface area contributed by atoms with Crippen LogP contribution in [0.1, 0.15) is 30.1 Å². The summed E-state index contributed by atoms with van der Waals surface area (Å²) in [5.74, 6) is -0.223. The number of benzene rings is 1. The van der Waals surface area contributed by atoms with E-state index in [1.165, 1.54) is 28.2 Å². The molecule has 0 bridgehead atoms. The van der Waals surface area contributed by atoms with Crippen molar-refractivity contribution >= 4 is 5.82 Å². The average molecular weight is 317 g/mol. The van der Waals surface area contributed by atoms with E-state index in [-0.39, 0.29) is 25.1 Å². The lowest BCUT2D eigenvalue weighted by Gasteiger charge is -2.26. The highest BCUT2D eigenvalue weighted by atomic mass is 16.6. The van der Waals surface area contributed by atoms with Gasteiger partial charge >= 0.3 is 5.82 Å². The highest BCUT2D eigenvalue weighted by molar-refractivity contribution is 5.31. The molecule has 0 fully saturated rings. The molecule has 2 atom stereocenters. The number of aliphatic hydroxyl groups excluding tert-OH is 1. The van der Waals surface area contributed by atoms with Gasteiger partial charge in [0.05, 0.1) is 25.4 Å². The number of nitro groups is 1. The van der Waals surface area contributed by atoms with Crippen molar-refractivity contribution in [2.24, 2.45) is 0 Å². The molecule has 0 aliphatic heterocycles. The summed E-state index contributed by atoms with van der Waals surface area (Å²) in [5, 5.41) is 20.7. The number of ether oxygens (including phenoxy) is 1. The van der Waals surface area contributed by atoms with E-state index in [9.17, 15) is 15.2 Å². The van der Waals surface area contributed by atoms with Gasteiger partial charge in [-0.1, -0.05) is 24.3 Å². The Bertz CT molecular complexity index is 685. The lowest BCUT2D eigenvalue weighted by Crippen LogP contribution is -2.24. The van der Waals surface area contributed by atoms with E-state index in [2.05, 4.69) is 17.1 Å². The van der Waals surface area contributed by atoms with Crippen LogP contribution in [0.15, 0.2) is 36.8 Å². The van der Waals surface area contributed by atoms with Crippen LogP contribution in [0.3, 0.4) is 0 Å². The third-order valence-electron chi connectivity index (χ3n) is 4.03. The molecular formula is C16H19N3O4. The Morgan fingerprint density at radius 2 is 2.30 bits per heavy atom. The van der Waals surface area contributed by atoms with Gasteiger partial charge in [0.1, 0.15) is 6.20 Å². The van der Waals surface area contributed by atoms with Crippen LogP contribution < -0.4 is 0 Å². The minimum Gasteiger partial charge on any atom is -0.389 e. The van der Waals surface area contributed by atoms with Gasteiger partial charge in [0.15, 0.2) is 0 Å². The van der Waals surface area contributed by atoms with Gasteiger partial charge in [-0.2, -0.15) is 0 Å². The van der Waals surface area contributed by atoms with Crippen LogP contribution in [0.5, 0.6) is 0 Å². The van der Waals surface area contributed by atoms with Gasteiger partial charge in [-0.25, -0.2) is 0 Å². The normalized spacial score (nSPS) is 18.4. The van der Waals surface area contributed by atoms with Gasteiger partial charge in [-0.15, -0.1) is 0 Å². The molecule has 0 spiro atoms. The molecule has 23 heavy (non-hydrogen) atoms. The Morgan fingerprint density at radius 1 is 1.48 bits per heavy atom. The van der Waals surface area contributed by atoms with Crippen molar-refractivity contribution in [1.29, 1.82) is 0 Å². The van der Waals surface area contributed by atoms with E-state index in [1.807, 2.05) is 12.1 Å². The third-order valence-corrected chi connectivity index (χ3v) is 4.03. The summed E-state index contributed by atoms with van der Waals surface area (Å²) >= 11 is 0. The number of aliphatic hydroxyl groups is 1. The number of hydrogen-bond acceptors (Lipinski definition) is 5. The van der Waals surface area contributed by atoms with Crippen molar-refractivity contribution in [3.63, 3.8) is 0 Å². The zero-order valence-corrected chi connectivity index (χ0v) is 12.7. The fourth-order valence-electron chi connectivity index (χ4n) is 2.95. The van der Waals surface area contributed by atoms with E-state index in [0.717, 1.165) is 19.3 Å². The molecule has 0 saturated carbocycles. The van der Waals surface area contributed by atoms with Crippen molar-refractivity contribution in [1.82, 2.24) is 9.55 Å². The lowest BCUT2D eigenvalue weighted by molar-refractivity contribution is -0.389. The van der Waals surface area contributed by atoms with Gasteiger partial charge in [0, 0.05) is 0 Å². The van der Waals surface area contributed by atoms with Crippen LogP contribution in [0.4, 0.5) is 5.82 Å². The first-order valence-corrected chi connectivity index (χ1v) is 7.67. The fourth-order valence-corrected chi connectivity index (χ4v) is 2.95. The zero-order chi connectivity index (χ0) is 16.2. The maximum Gasteiger partial charge on any atom is 0.381 e. The first-order chi connectivity index (χ1) is 11.1. The first-order valence-electron chi connectivity index (χ1n) is 7.67. The summed E-state index contributed by atoms with van der Waals surface area (Å²) in [5.41, 5.74) is 2.51. The van der Waals surface area contributed by atoms with Gasteiger partial charge < -0.3 is 24.5 Å². The number of rotatable bonds is 6. The predicted molar refractivity (Wildman–Crippen MR) is 83.0 cm³/mol. The molecule has 1 N–H and O–H groups in total. The Balaban J connectivity index is 1.55. The first kappa shape index (κ1) is 15.6. The Hall–Kier alpha value is -2.25. The van der Waals surface area contributed by atoms with E-state index in [1.54, 1.807) is 0 Å². The lowest BCUT2D eigenvalue weighted by atomic mass is 9.89. The van der Waals surface area contributed by atoms with Crippen molar-refractivity contribution in [3.05, 3.63) is 58.0 Å². The molecule has 1 aromatic heterocycles. The van der Waals surface area contributed by atoms with Gasteiger partial charge in [-0.3, -0.25) is 0 Å². The number of aromatic nitrogens is 2. The van der Waals surface area contributed by atoms with Crippen LogP contribution in [0, 0.1) is 10.1 Å². The Kier molecular flexibility index (Phi) is 4.68. The molecular weight excluding hydrogens is 298 g/mol. The second kappa shape index (κ2) is 6.89. The van der Waals surface area contributed by atoms with Gasteiger partial charge in [0.2, 0.25) is 6.33 Å². The maximum atomic E-state index is 10.6. The monoisotopic (exact) mass is 317 g/mol. The number of hydrogen-bond donors (Lipinski definition) is 1. The van der Waals surface area contributed by atoms with Crippen molar-refractivity contribution in [3.8, 4) is 0 Å². The summed E-state index contributed by atoms with van der Waals surface area (Å²) in [6.07, 6.45) is 5.00. The number of imidazole rings is 1. The summed E-state index contributed by atoms with van der Waals surface area (Å²) in [6, 6.07) is 8.22. The Labute approximate surface area is 133 Å². The molecule has 1 aromatic carbocycles. The van der Waals surface area contributed by atoms with Crippen LogP contribution in [-0.2, 0) is 17.7 Å². The van der Waals surface area contributed by atoms with E-state index < -0.39 is 11.0 Å². The van der Waals surface area contributed by atoms with E-state index in [0.29, 0.717) is 0 Å². The summed E-state index contributed by atoms with van der Waals surface area (Å²) in [7, 11) is 0. The summed E-state index contributed by atoms with van der Waals surface area (Å²) in [4.78, 5) is 13.7. The summed E-state index contributed by atoms with van der Waals surface area (Å²) < 4.78 is 7.38. The quantitative estimate of drug-likeness (QED) is 0.652. The molecule has 0 radical (unpaired) electrons. The van der Waals surface area contributed by atoms with E-state index >= 15 is 0 Å². The smallest absolute Gasteiger partial charge is 0.381 e. The van der Waals surface area contributed by atoms with Gasteiger partial charge in [-0.05, 0) is 40.3 Å². The van der Waals surface area contributed by atoms with E-state index in [4.69, 9.17) is 4.74 Å². The molecule has 3 rings (SSSR count). The second-order valence-electron chi connectivity index (χ2n) is 5.75. The third kappa shape index (κ3) is 3.75. The van der Waals surface area contributed by atoms with Crippen LogP contribution in [-0.4, -0.2) is 32.3 Å². The highest BCUT2D eigenvalue weighted by Crippen LogP contribution is 2.32. The van der Waals surface area contributed by atoms with Crippen LogP contribution in [0.2, 0.25) is 0 Å². The molecule has 0 saturated heterocycles. The topological polar surface area (TPSA) is 90.4 Å².